The number of benzene rings is 3. The number of nitrogens with zero attached hydrogens (tertiary/aromatic N) is 1. The molecule has 3 aromatic carbocycles. The highest BCUT2D eigenvalue weighted by Gasteiger charge is 2.16. The summed E-state index contributed by atoms with van der Waals surface area (Å²) in [5.41, 5.74) is 1.15. The number of hydrogen-bond donors (Lipinski definition) is 2. The van der Waals surface area contributed by atoms with E-state index in [0.29, 0.717) is 0 Å². The van der Waals surface area contributed by atoms with E-state index >= 15 is 0 Å². The van der Waals surface area contributed by atoms with Crippen LogP contribution in [-0.2, 0) is 9.53 Å². The van der Waals surface area contributed by atoms with Crippen LogP contribution in [0.3, 0.4) is 0 Å². The monoisotopic (exact) mass is 385 g/mol. The van der Waals surface area contributed by atoms with Crippen molar-refractivity contribution in [3.63, 3.8) is 0 Å². The van der Waals surface area contributed by atoms with Crippen LogP contribution in [0, 0.1) is 11.3 Å². The molecule has 0 fully saturated rings. The number of esters is 1. The first-order valence-corrected chi connectivity index (χ1v) is 9.06. The lowest BCUT2D eigenvalue weighted by atomic mass is 10.1. The van der Waals surface area contributed by atoms with Gasteiger partial charge in [0, 0.05) is 17.3 Å². The second-order valence-corrected chi connectivity index (χ2v) is 6.06. The Kier molecular flexibility index (Phi) is 6.23. The largest absolute Gasteiger partial charge is 0.462 e. The van der Waals surface area contributed by atoms with Crippen LogP contribution in [0.5, 0.6) is 0 Å². The van der Waals surface area contributed by atoms with Crippen molar-refractivity contribution in [2.75, 3.05) is 17.2 Å². The first-order valence-electron chi connectivity index (χ1n) is 9.06. The lowest BCUT2D eigenvalue weighted by molar-refractivity contribution is -0.112. The number of amides is 1. The van der Waals surface area contributed by atoms with Crippen molar-refractivity contribution < 1.29 is 14.3 Å². The summed E-state index contributed by atoms with van der Waals surface area (Å²) < 4.78 is 5.00. The van der Waals surface area contributed by atoms with Gasteiger partial charge in [-0.05, 0) is 30.5 Å². The molecule has 0 atom stereocenters. The number of para-hydroxylation sites is 1. The summed E-state index contributed by atoms with van der Waals surface area (Å²) in [4.78, 5) is 24.6. The molecule has 2 N–H and O–H groups in total. The molecular formula is C23H19N3O3. The van der Waals surface area contributed by atoms with Gasteiger partial charge in [-0.3, -0.25) is 4.79 Å². The summed E-state index contributed by atoms with van der Waals surface area (Å²) in [5, 5.41) is 17.1. The van der Waals surface area contributed by atoms with Crippen molar-refractivity contribution in [3.05, 3.63) is 84.1 Å². The van der Waals surface area contributed by atoms with Gasteiger partial charge in [-0.15, -0.1) is 0 Å². The van der Waals surface area contributed by atoms with E-state index in [9.17, 15) is 14.9 Å². The Labute approximate surface area is 168 Å². The van der Waals surface area contributed by atoms with Crippen molar-refractivity contribution in [2.24, 2.45) is 0 Å². The van der Waals surface area contributed by atoms with Gasteiger partial charge >= 0.3 is 5.97 Å². The second-order valence-electron chi connectivity index (χ2n) is 6.06. The van der Waals surface area contributed by atoms with Crippen molar-refractivity contribution in [1.29, 1.82) is 5.26 Å². The van der Waals surface area contributed by atoms with E-state index in [1.807, 2.05) is 48.5 Å². The van der Waals surface area contributed by atoms with Crippen LogP contribution in [0.4, 0.5) is 11.4 Å². The molecule has 6 heteroatoms. The Morgan fingerprint density at radius 3 is 2.48 bits per heavy atom. The molecule has 0 aliphatic carbocycles. The first kappa shape index (κ1) is 19.6. The minimum absolute atomic E-state index is 0.128. The van der Waals surface area contributed by atoms with Crippen LogP contribution in [0.1, 0.15) is 17.3 Å². The number of fused-ring (bicyclic) bond motifs is 1. The van der Waals surface area contributed by atoms with Gasteiger partial charge in [-0.1, -0.05) is 48.5 Å². The fourth-order valence-corrected chi connectivity index (χ4v) is 2.82. The summed E-state index contributed by atoms with van der Waals surface area (Å²) in [6, 6.07) is 21.9. The molecule has 0 aliphatic heterocycles. The summed E-state index contributed by atoms with van der Waals surface area (Å²) in [7, 11) is 0. The number of hydrogen-bond acceptors (Lipinski definition) is 5. The molecule has 3 aromatic rings. The topological polar surface area (TPSA) is 91.2 Å². The molecule has 0 aliphatic rings. The van der Waals surface area contributed by atoms with Crippen LogP contribution < -0.4 is 10.6 Å². The van der Waals surface area contributed by atoms with Gasteiger partial charge in [0.1, 0.15) is 11.6 Å². The highest BCUT2D eigenvalue weighted by atomic mass is 16.5. The van der Waals surface area contributed by atoms with Crippen LogP contribution in [0.2, 0.25) is 0 Å². The standard InChI is InChI=1S/C23H19N3O3/c1-2-29-23(28)19-11-5-6-12-21(19)26-22(27)17(14-24)15-25-20-13-7-9-16-8-3-4-10-18(16)20/h3-13,15,25H,2H2,1H3,(H,26,27)/b17-15-. The number of anilines is 2. The number of nitriles is 1. The van der Waals surface area contributed by atoms with E-state index in [2.05, 4.69) is 10.6 Å². The van der Waals surface area contributed by atoms with E-state index in [1.165, 1.54) is 6.20 Å². The predicted octanol–water partition coefficient (Wildman–Crippen LogP) is 4.47. The van der Waals surface area contributed by atoms with Crippen LogP contribution in [0.25, 0.3) is 10.8 Å². The number of carbonyl (C=O) groups is 2. The molecule has 0 heterocycles. The van der Waals surface area contributed by atoms with Gasteiger partial charge < -0.3 is 15.4 Å². The number of carbonyl (C=O) groups excluding carboxylic acids is 2. The Hall–Kier alpha value is -4.11. The molecule has 0 bridgehead atoms. The van der Waals surface area contributed by atoms with E-state index in [1.54, 1.807) is 31.2 Å². The van der Waals surface area contributed by atoms with Crippen molar-refractivity contribution in [1.82, 2.24) is 0 Å². The van der Waals surface area contributed by atoms with E-state index in [4.69, 9.17) is 4.74 Å². The number of ether oxygens (including phenoxy) is 1. The Morgan fingerprint density at radius 2 is 1.69 bits per heavy atom. The SMILES string of the molecule is CCOC(=O)c1ccccc1NC(=O)/C(C#N)=C\Nc1cccc2ccccc12. The summed E-state index contributed by atoms with van der Waals surface area (Å²) >= 11 is 0. The van der Waals surface area contributed by atoms with Crippen molar-refractivity contribution in [3.8, 4) is 6.07 Å². The maximum Gasteiger partial charge on any atom is 0.340 e. The third kappa shape index (κ3) is 4.60. The number of nitrogens with one attached hydrogen (secondary N) is 2. The molecule has 0 saturated carbocycles. The van der Waals surface area contributed by atoms with E-state index in [-0.39, 0.29) is 23.4 Å². The molecule has 0 radical (unpaired) electrons. The Morgan fingerprint density at radius 1 is 1.00 bits per heavy atom. The quantitative estimate of drug-likeness (QED) is 0.371. The molecular weight excluding hydrogens is 366 g/mol. The van der Waals surface area contributed by atoms with Gasteiger partial charge in [0.05, 0.1) is 17.9 Å². The predicted molar refractivity (Wildman–Crippen MR) is 112 cm³/mol. The normalized spacial score (nSPS) is 10.8. The second kappa shape index (κ2) is 9.20. The summed E-state index contributed by atoms with van der Waals surface area (Å²) in [6.07, 6.45) is 1.35. The molecule has 1 amide bonds. The zero-order chi connectivity index (χ0) is 20.6. The molecule has 6 nitrogen and oxygen atoms in total. The summed E-state index contributed by atoms with van der Waals surface area (Å²) in [5.74, 6) is -1.17. The third-order valence-corrected chi connectivity index (χ3v) is 4.20. The van der Waals surface area contributed by atoms with Gasteiger partial charge in [0.2, 0.25) is 0 Å². The maximum atomic E-state index is 12.6. The van der Waals surface area contributed by atoms with Gasteiger partial charge in [0.15, 0.2) is 0 Å². The molecule has 0 unspecified atom stereocenters. The maximum absolute atomic E-state index is 12.6. The fourth-order valence-electron chi connectivity index (χ4n) is 2.82. The smallest absolute Gasteiger partial charge is 0.340 e. The van der Waals surface area contributed by atoms with Crippen LogP contribution in [-0.4, -0.2) is 18.5 Å². The average Bonchev–Trinajstić information content (AvgIpc) is 2.75. The minimum Gasteiger partial charge on any atom is -0.462 e. The Bertz CT molecular complexity index is 1120. The number of rotatable bonds is 6. The third-order valence-electron chi connectivity index (χ3n) is 4.20. The van der Waals surface area contributed by atoms with E-state index in [0.717, 1.165) is 16.5 Å². The zero-order valence-corrected chi connectivity index (χ0v) is 15.8. The molecule has 3 rings (SSSR count). The summed E-state index contributed by atoms with van der Waals surface area (Å²) in [6.45, 7) is 1.92. The minimum atomic E-state index is -0.628. The van der Waals surface area contributed by atoms with Crippen molar-refractivity contribution >= 4 is 34.0 Å². The van der Waals surface area contributed by atoms with Gasteiger partial charge in [0.25, 0.3) is 5.91 Å². The highest BCUT2D eigenvalue weighted by Crippen LogP contribution is 2.23. The van der Waals surface area contributed by atoms with Crippen LogP contribution in [0.15, 0.2) is 78.5 Å². The van der Waals surface area contributed by atoms with Gasteiger partial charge in [-0.25, -0.2) is 4.79 Å². The first-order chi connectivity index (χ1) is 14.1. The molecule has 0 saturated heterocycles. The molecule has 144 valence electrons. The van der Waals surface area contributed by atoms with Crippen molar-refractivity contribution in [2.45, 2.75) is 6.92 Å². The van der Waals surface area contributed by atoms with Gasteiger partial charge in [-0.2, -0.15) is 5.26 Å². The fraction of sp³-hybridized carbons (Fsp3) is 0.0870. The average molecular weight is 385 g/mol. The molecule has 29 heavy (non-hydrogen) atoms. The van der Waals surface area contributed by atoms with E-state index < -0.39 is 11.9 Å². The highest BCUT2D eigenvalue weighted by molar-refractivity contribution is 6.10. The Balaban J connectivity index is 1.81. The molecule has 0 aromatic heterocycles. The molecule has 0 spiro atoms. The van der Waals surface area contributed by atoms with Crippen LogP contribution >= 0.6 is 0 Å². The lowest BCUT2D eigenvalue weighted by Crippen LogP contribution is -2.17. The zero-order valence-electron chi connectivity index (χ0n) is 15.8. The lowest BCUT2D eigenvalue weighted by Gasteiger charge is -2.10.